The highest BCUT2D eigenvalue weighted by Crippen LogP contribution is 2.27. The third-order valence-electron chi connectivity index (χ3n) is 2.34. The fourth-order valence-electron chi connectivity index (χ4n) is 1.57. The van der Waals surface area contributed by atoms with Gasteiger partial charge in [-0.3, -0.25) is 4.68 Å². The molecule has 0 saturated carbocycles. The van der Waals surface area contributed by atoms with Crippen molar-refractivity contribution in [3.63, 3.8) is 0 Å². The highest BCUT2D eigenvalue weighted by Gasteiger charge is 2.17. The van der Waals surface area contributed by atoms with Crippen molar-refractivity contribution in [2.45, 2.75) is 18.9 Å². The molecular weight excluding hydrogens is 184 g/mol. The van der Waals surface area contributed by atoms with Crippen LogP contribution in [0.4, 0.5) is 0 Å². The first-order chi connectivity index (χ1) is 6.40. The van der Waals surface area contributed by atoms with Gasteiger partial charge >= 0.3 is 0 Å². The molecule has 1 aliphatic heterocycles. The molecule has 1 saturated heterocycles. The average Bonchev–Trinajstić information content (AvgIpc) is 2.70. The summed E-state index contributed by atoms with van der Waals surface area (Å²) in [5.74, 6) is 2.43. The molecule has 0 aromatic carbocycles. The zero-order chi connectivity index (χ0) is 9.10. The highest BCUT2D eigenvalue weighted by molar-refractivity contribution is 7.99. The number of rotatable bonds is 3. The first-order valence-electron chi connectivity index (χ1n) is 4.62. The highest BCUT2D eigenvalue weighted by atomic mass is 32.2. The summed E-state index contributed by atoms with van der Waals surface area (Å²) >= 11 is 1.99. The molecular formula is C9H14N2OS. The lowest BCUT2D eigenvalue weighted by molar-refractivity contribution is 0.299. The summed E-state index contributed by atoms with van der Waals surface area (Å²) in [6, 6.07) is 0.581. The van der Waals surface area contributed by atoms with Gasteiger partial charge in [0.2, 0.25) is 0 Å². The molecule has 0 amide bonds. The first kappa shape index (κ1) is 9.09. The van der Waals surface area contributed by atoms with E-state index in [0.717, 1.165) is 12.0 Å². The molecule has 2 rings (SSSR count). The SMILES string of the molecule is OCCc1cnn(C2CCSC2)c1. The van der Waals surface area contributed by atoms with Gasteiger partial charge in [-0.1, -0.05) is 0 Å². The second-order valence-corrected chi connectivity index (χ2v) is 4.47. The second kappa shape index (κ2) is 4.15. The topological polar surface area (TPSA) is 38.1 Å². The normalized spacial score (nSPS) is 22.4. The molecule has 1 atom stereocenters. The van der Waals surface area contributed by atoms with Gasteiger partial charge in [0.05, 0.1) is 12.2 Å². The van der Waals surface area contributed by atoms with E-state index in [2.05, 4.69) is 11.3 Å². The van der Waals surface area contributed by atoms with Crippen LogP contribution in [0.5, 0.6) is 0 Å². The average molecular weight is 198 g/mol. The van der Waals surface area contributed by atoms with Gasteiger partial charge in [0, 0.05) is 18.6 Å². The van der Waals surface area contributed by atoms with Gasteiger partial charge in [-0.2, -0.15) is 16.9 Å². The number of hydrogen-bond donors (Lipinski definition) is 1. The Kier molecular flexibility index (Phi) is 2.90. The van der Waals surface area contributed by atoms with Crippen LogP contribution < -0.4 is 0 Å². The smallest absolute Gasteiger partial charge is 0.0617 e. The molecule has 1 aliphatic rings. The first-order valence-corrected chi connectivity index (χ1v) is 5.77. The van der Waals surface area contributed by atoms with E-state index < -0.39 is 0 Å². The lowest BCUT2D eigenvalue weighted by Gasteiger charge is -2.07. The number of aliphatic hydroxyl groups is 1. The van der Waals surface area contributed by atoms with E-state index in [-0.39, 0.29) is 6.61 Å². The molecule has 1 aromatic heterocycles. The van der Waals surface area contributed by atoms with Crippen LogP contribution in [0, 0.1) is 0 Å². The molecule has 3 nitrogen and oxygen atoms in total. The summed E-state index contributed by atoms with van der Waals surface area (Å²) in [6.07, 6.45) is 5.87. The zero-order valence-corrected chi connectivity index (χ0v) is 8.33. The van der Waals surface area contributed by atoms with Crippen LogP contribution in [0.3, 0.4) is 0 Å². The van der Waals surface area contributed by atoms with Gasteiger partial charge in [-0.15, -0.1) is 0 Å². The van der Waals surface area contributed by atoms with Crippen LogP contribution in [-0.4, -0.2) is 33.0 Å². The van der Waals surface area contributed by atoms with Crippen molar-refractivity contribution in [1.82, 2.24) is 9.78 Å². The van der Waals surface area contributed by atoms with Crippen LogP contribution in [-0.2, 0) is 6.42 Å². The summed E-state index contributed by atoms with van der Waals surface area (Å²) in [4.78, 5) is 0. The van der Waals surface area contributed by atoms with Crippen molar-refractivity contribution in [2.24, 2.45) is 0 Å². The van der Waals surface area contributed by atoms with Gasteiger partial charge in [-0.25, -0.2) is 0 Å². The van der Waals surface area contributed by atoms with Crippen molar-refractivity contribution < 1.29 is 5.11 Å². The van der Waals surface area contributed by atoms with E-state index >= 15 is 0 Å². The van der Waals surface area contributed by atoms with E-state index in [9.17, 15) is 0 Å². The molecule has 0 bridgehead atoms. The molecule has 0 spiro atoms. The van der Waals surface area contributed by atoms with Gasteiger partial charge in [-0.05, 0) is 24.2 Å². The zero-order valence-electron chi connectivity index (χ0n) is 7.52. The minimum absolute atomic E-state index is 0.213. The summed E-state index contributed by atoms with van der Waals surface area (Å²) in [5, 5.41) is 13.1. The number of nitrogens with zero attached hydrogens (tertiary/aromatic N) is 2. The molecule has 72 valence electrons. The molecule has 0 aliphatic carbocycles. The Morgan fingerprint density at radius 3 is 3.31 bits per heavy atom. The van der Waals surface area contributed by atoms with E-state index in [0.29, 0.717) is 6.04 Å². The van der Waals surface area contributed by atoms with E-state index in [1.54, 1.807) is 0 Å². The molecule has 1 unspecified atom stereocenters. The second-order valence-electron chi connectivity index (χ2n) is 3.32. The summed E-state index contributed by atoms with van der Waals surface area (Å²) in [5.41, 5.74) is 1.14. The Morgan fingerprint density at radius 2 is 2.62 bits per heavy atom. The Morgan fingerprint density at radius 1 is 1.69 bits per heavy atom. The Labute approximate surface area is 82.1 Å². The molecule has 13 heavy (non-hydrogen) atoms. The Balaban J connectivity index is 2.03. The minimum atomic E-state index is 0.213. The molecule has 1 fully saturated rings. The lowest BCUT2D eigenvalue weighted by atomic mass is 10.2. The van der Waals surface area contributed by atoms with E-state index in [1.807, 2.05) is 22.6 Å². The standard InChI is InChI=1S/C9H14N2OS/c12-3-1-8-5-10-11(6-8)9-2-4-13-7-9/h5-6,9,12H,1-4,7H2. The van der Waals surface area contributed by atoms with Crippen LogP contribution >= 0.6 is 11.8 Å². The molecule has 1 N–H and O–H groups in total. The van der Waals surface area contributed by atoms with Crippen LogP contribution in [0.15, 0.2) is 12.4 Å². The number of hydrogen-bond acceptors (Lipinski definition) is 3. The maximum absolute atomic E-state index is 8.75. The number of aliphatic hydroxyl groups excluding tert-OH is 1. The molecule has 1 aromatic rings. The molecule has 4 heteroatoms. The summed E-state index contributed by atoms with van der Waals surface area (Å²) in [7, 11) is 0. The number of aromatic nitrogens is 2. The summed E-state index contributed by atoms with van der Waals surface area (Å²) in [6.45, 7) is 0.213. The van der Waals surface area contributed by atoms with Crippen molar-refractivity contribution in [1.29, 1.82) is 0 Å². The lowest BCUT2D eigenvalue weighted by Crippen LogP contribution is -2.07. The quantitative estimate of drug-likeness (QED) is 0.790. The van der Waals surface area contributed by atoms with Gasteiger partial charge in [0.25, 0.3) is 0 Å². The van der Waals surface area contributed by atoms with Crippen molar-refractivity contribution in [3.8, 4) is 0 Å². The van der Waals surface area contributed by atoms with Crippen molar-refractivity contribution in [3.05, 3.63) is 18.0 Å². The van der Waals surface area contributed by atoms with E-state index in [4.69, 9.17) is 5.11 Å². The predicted molar refractivity (Wildman–Crippen MR) is 54.0 cm³/mol. The fourth-order valence-corrected chi connectivity index (χ4v) is 2.76. The van der Waals surface area contributed by atoms with Crippen LogP contribution in [0.25, 0.3) is 0 Å². The largest absolute Gasteiger partial charge is 0.396 e. The van der Waals surface area contributed by atoms with Gasteiger partial charge in [0.1, 0.15) is 0 Å². The van der Waals surface area contributed by atoms with Crippen molar-refractivity contribution >= 4 is 11.8 Å². The maximum atomic E-state index is 8.75. The third kappa shape index (κ3) is 2.06. The van der Waals surface area contributed by atoms with Crippen molar-refractivity contribution in [2.75, 3.05) is 18.1 Å². The summed E-state index contributed by atoms with van der Waals surface area (Å²) < 4.78 is 2.05. The molecule has 0 radical (unpaired) electrons. The number of thioether (sulfide) groups is 1. The predicted octanol–water partition coefficient (Wildman–Crippen LogP) is 1.10. The monoisotopic (exact) mass is 198 g/mol. The van der Waals surface area contributed by atoms with Crippen LogP contribution in [0.1, 0.15) is 18.0 Å². The fraction of sp³-hybridized carbons (Fsp3) is 0.667. The third-order valence-corrected chi connectivity index (χ3v) is 3.48. The molecule has 2 heterocycles. The Hall–Kier alpha value is -0.480. The minimum Gasteiger partial charge on any atom is -0.396 e. The van der Waals surface area contributed by atoms with E-state index in [1.165, 1.54) is 17.9 Å². The van der Waals surface area contributed by atoms with Crippen LogP contribution in [0.2, 0.25) is 0 Å². The maximum Gasteiger partial charge on any atom is 0.0617 e. The van der Waals surface area contributed by atoms with Gasteiger partial charge in [0.15, 0.2) is 0 Å². The Bertz CT molecular complexity index is 268. The van der Waals surface area contributed by atoms with Gasteiger partial charge < -0.3 is 5.11 Å².